The monoisotopic (exact) mass is 790 g/mol. The number of carbonyl (C=O) groups is 3. The number of H-pyrrole nitrogens is 1. The number of ether oxygens (including phenoxy) is 4. The fraction of sp³-hybridized carbons (Fsp3) is 0.489. The fourth-order valence-corrected chi connectivity index (χ4v) is 9.15. The summed E-state index contributed by atoms with van der Waals surface area (Å²) in [5, 5.41) is 4.95. The Kier molecular flexibility index (Phi) is 10.5. The van der Waals surface area contributed by atoms with Crippen molar-refractivity contribution in [2.75, 3.05) is 27.4 Å². The van der Waals surface area contributed by atoms with E-state index in [4.69, 9.17) is 28.9 Å². The standard InChI is InChI=1S/C45H54N6O7/c1-24(2)40(49-43(53)56-8)42(52)51-25(3)9-14-37(51)35-18-32-31-19-39-33(17-27(31)11-13-34(32)47-35)30-12-10-28(16-29(30)23-57-39)36-20-46-41(48-36)38-15-26(22-55-7)21-50(38)44(54)58-45(4,5)6/h10-13,16-17,19-20,24-26,37-38,40H,9,14-15,18,21-23H2,1-8H3,(H,46,48)(H,49,53)/t25-,26-,37-,38?,40-/m0/s1. The van der Waals surface area contributed by atoms with Gasteiger partial charge in [0, 0.05) is 43.3 Å². The van der Waals surface area contributed by atoms with Gasteiger partial charge in [0.25, 0.3) is 0 Å². The number of imidazole rings is 1. The van der Waals surface area contributed by atoms with Crippen LogP contribution < -0.4 is 10.1 Å². The van der Waals surface area contributed by atoms with Gasteiger partial charge < -0.3 is 34.1 Å². The van der Waals surface area contributed by atoms with E-state index in [1.807, 2.05) is 45.7 Å². The van der Waals surface area contributed by atoms with Crippen LogP contribution in [-0.4, -0.2) is 94.7 Å². The predicted molar refractivity (Wildman–Crippen MR) is 221 cm³/mol. The number of hydrogen-bond acceptors (Lipinski definition) is 9. The highest BCUT2D eigenvalue weighted by Gasteiger charge is 2.43. The first-order chi connectivity index (χ1) is 27.7. The third-order valence-electron chi connectivity index (χ3n) is 11.9. The number of carbonyl (C=O) groups excluding carboxylic acids is 3. The number of nitrogens with zero attached hydrogens (tertiary/aromatic N) is 4. The summed E-state index contributed by atoms with van der Waals surface area (Å²) in [6, 6.07) is 13.9. The van der Waals surface area contributed by atoms with Crippen molar-refractivity contribution < 1.29 is 33.3 Å². The molecule has 3 aromatic carbocycles. The van der Waals surface area contributed by atoms with E-state index in [1.54, 1.807) is 12.0 Å². The Morgan fingerprint density at radius 2 is 1.84 bits per heavy atom. The van der Waals surface area contributed by atoms with E-state index in [2.05, 4.69) is 59.7 Å². The van der Waals surface area contributed by atoms with Crippen molar-refractivity contribution in [1.82, 2.24) is 25.1 Å². The Bertz CT molecular complexity index is 2290. The number of hydrogen-bond donors (Lipinski definition) is 2. The second-order valence-electron chi connectivity index (χ2n) is 17.5. The van der Waals surface area contributed by atoms with Gasteiger partial charge in [-0.05, 0) is 110 Å². The van der Waals surface area contributed by atoms with Gasteiger partial charge in [0.15, 0.2) is 0 Å². The minimum absolute atomic E-state index is 0.0216. The molecular formula is C45H54N6O7. The molecule has 4 aliphatic heterocycles. The number of aromatic amines is 1. The topological polar surface area (TPSA) is 148 Å². The molecule has 306 valence electrons. The third kappa shape index (κ3) is 7.40. The Hall–Kier alpha value is -5.43. The molecule has 2 fully saturated rings. The van der Waals surface area contributed by atoms with Gasteiger partial charge in [-0.15, -0.1) is 0 Å². The number of fused-ring (bicyclic) bond motifs is 6. The van der Waals surface area contributed by atoms with Crippen LogP contribution >= 0.6 is 0 Å². The molecule has 1 unspecified atom stereocenters. The summed E-state index contributed by atoms with van der Waals surface area (Å²) in [5.74, 6) is 1.52. The molecule has 5 heterocycles. The SMILES string of the molecule is COC[C@H]1CC(c2ncc(-c3ccc4c(c3)COc3cc5c6c(ccc5cc3-4)N=C([C@@H]3CC[C@H](C)N3C(=O)[C@@H](NC(=O)OC)C(C)C)C6)[nH]2)N(C(=O)OC(C)(C)C)C1. The lowest BCUT2D eigenvalue weighted by Gasteiger charge is -2.33. The molecule has 4 aromatic rings. The van der Waals surface area contributed by atoms with E-state index in [9.17, 15) is 14.4 Å². The number of methoxy groups -OCH3 is 2. The van der Waals surface area contributed by atoms with Crippen molar-refractivity contribution in [1.29, 1.82) is 0 Å². The highest BCUT2D eigenvalue weighted by Crippen LogP contribution is 2.45. The van der Waals surface area contributed by atoms with Gasteiger partial charge in [0.1, 0.15) is 29.8 Å². The number of amides is 3. The molecule has 0 aliphatic carbocycles. The summed E-state index contributed by atoms with van der Waals surface area (Å²) in [5.41, 5.74) is 7.50. The van der Waals surface area contributed by atoms with Crippen molar-refractivity contribution >= 4 is 40.3 Å². The van der Waals surface area contributed by atoms with Crippen molar-refractivity contribution in [3.8, 4) is 28.1 Å². The number of likely N-dealkylation sites (tertiary alicyclic amines) is 2. The largest absolute Gasteiger partial charge is 0.488 e. The first-order valence-electron chi connectivity index (χ1n) is 20.4. The summed E-state index contributed by atoms with van der Waals surface area (Å²) < 4.78 is 22.5. The molecule has 4 aliphatic rings. The van der Waals surface area contributed by atoms with Crippen molar-refractivity contribution in [2.24, 2.45) is 16.8 Å². The Morgan fingerprint density at radius 3 is 2.59 bits per heavy atom. The van der Waals surface area contributed by atoms with Gasteiger partial charge in [0.05, 0.1) is 43.4 Å². The molecule has 13 nitrogen and oxygen atoms in total. The van der Waals surface area contributed by atoms with Gasteiger partial charge in [-0.3, -0.25) is 14.7 Å². The highest BCUT2D eigenvalue weighted by molar-refractivity contribution is 6.06. The first kappa shape index (κ1) is 39.4. The van der Waals surface area contributed by atoms with E-state index in [-0.39, 0.29) is 42.0 Å². The lowest BCUT2D eigenvalue weighted by atomic mass is 9.90. The second-order valence-corrected chi connectivity index (χ2v) is 17.5. The summed E-state index contributed by atoms with van der Waals surface area (Å²) in [7, 11) is 2.99. The van der Waals surface area contributed by atoms with E-state index in [0.717, 1.165) is 86.5 Å². The maximum absolute atomic E-state index is 14.0. The summed E-state index contributed by atoms with van der Waals surface area (Å²) in [4.78, 5) is 56.4. The van der Waals surface area contributed by atoms with Crippen LogP contribution in [0.25, 0.3) is 33.2 Å². The molecule has 2 saturated heterocycles. The van der Waals surface area contributed by atoms with Crippen molar-refractivity contribution in [2.45, 2.75) is 104 Å². The number of nitrogens with one attached hydrogen (secondary N) is 2. The Balaban J connectivity index is 1.02. The maximum atomic E-state index is 14.0. The lowest BCUT2D eigenvalue weighted by molar-refractivity contribution is -0.136. The molecule has 0 spiro atoms. The molecule has 0 radical (unpaired) electrons. The minimum Gasteiger partial charge on any atom is -0.488 e. The quantitative estimate of drug-likeness (QED) is 0.182. The minimum atomic E-state index is -0.691. The molecule has 58 heavy (non-hydrogen) atoms. The predicted octanol–water partition coefficient (Wildman–Crippen LogP) is 8.12. The molecule has 0 saturated carbocycles. The molecule has 13 heteroatoms. The van der Waals surface area contributed by atoms with E-state index in [1.165, 1.54) is 7.11 Å². The van der Waals surface area contributed by atoms with E-state index >= 15 is 0 Å². The smallest absolute Gasteiger partial charge is 0.410 e. The number of benzene rings is 3. The Labute approximate surface area is 339 Å². The van der Waals surface area contributed by atoms with Gasteiger partial charge in [-0.25, -0.2) is 14.6 Å². The van der Waals surface area contributed by atoms with E-state index in [0.29, 0.717) is 26.2 Å². The summed E-state index contributed by atoms with van der Waals surface area (Å²) in [6.45, 7) is 13.1. The van der Waals surface area contributed by atoms with Crippen molar-refractivity contribution in [3.63, 3.8) is 0 Å². The zero-order valence-electron chi connectivity index (χ0n) is 34.7. The zero-order chi connectivity index (χ0) is 41.0. The normalized spacial score (nSPS) is 21.6. The molecule has 1 aromatic heterocycles. The highest BCUT2D eigenvalue weighted by atomic mass is 16.6. The Morgan fingerprint density at radius 1 is 1.03 bits per heavy atom. The van der Waals surface area contributed by atoms with Crippen LogP contribution in [0.4, 0.5) is 15.3 Å². The number of rotatable bonds is 8. The summed E-state index contributed by atoms with van der Waals surface area (Å²) in [6.07, 6.45) is 3.92. The number of aliphatic imine (C=N–C) groups is 1. The molecular weight excluding hydrogens is 737 g/mol. The van der Waals surface area contributed by atoms with Crippen LogP contribution in [0.3, 0.4) is 0 Å². The van der Waals surface area contributed by atoms with Gasteiger partial charge in [-0.2, -0.15) is 0 Å². The average Bonchev–Trinajstić information content (AvgIpc) is 4.00. The second kappa shape index (κ2) is 15.4. The molecule has 3 amide bonds. The molecule has 2 N–H and O–H groups in total. The van der Waals surface area contributed by atoms with Crippen LogP contribution in [0.2, 0.25) is 0 Å². The van der Waals surface area contributed by atoms with Crippen LogP contribution in [0.5, 0.6) is 5.75 Å². The van der Waals surface area contributed by atoms with Gasteiger partial charge >= 0.3 is 12.2 Å². The summed E-state index contributed by atoms with van der Waals surface area (Å²) >= 11 is 0. The lowest BCUT2D eigenvalue weighted by Crippen LogP contribution is -2.55. The average molecular weight is 791 g/mol. The number of aromatic nitrogens is 2. The van der Waals surface area contributed by atoms with Crippen molar-refractivity contribution in [3.05, 3.63) is 65.6 Å². The van der Waals surface area contributed by atoms with Crippen LogP contribution in [0, 0.1) is 11.8 Å². The third-order valence-corrected chi connectivity index (χ3v) is 11.9. The van der Waals surface area contributed by atoms with Gasteiger partial charge in [-0.1, -0.05) is 32.0 Å². The fourth-order valence-electron chi connectivity index (χ4n) is 9.15. The van der Waals surface area contributed by atoms with Gasteiger partial charge in [0.2, 0.25) is 5.91 Å². The van der Waals surface area contributed by atoms with E-state index < -0.39 is 17.7 Å². The first-order valence-corrected chi connectivity index (χ1v) is 20.4. The number of alkyl carbamates (subject to hydrolysis) is 1. The van der Waals surface area contributed by atoms with Crippen LogP contribution in [0.15, 0.2) is 53.7 Å². The maximum Gasteiger partial charge on any atom is 0.410 e. The van der Waals surface area contributed by atoms with Crippen LogP contribution in [-0.2, 0) is 32.0 Å². The molecule has 5 atom stereocenters. The molecule has 8 rings (SSSR count). The van der Waals surface area contributed by atoms with Crippen LogP contribution in [0.1, 0.15) is 83.8 Å². The molecule has 0 bridgehead atoms. The zero-order valence-corrected chi connectivity index (χ0v) is 34.7.